The molecule has 5 heteroatoms. The van der Waals surface area contributed by atoms with Crippen molar-refractivity contribution in [1.29, 1.82) is 0 Å². The van der Waals surface area contributed by atoms with Gasteiger partial charge >= 0.3 is 0 Å². The standard InChI is InChI=1S/C14H25N3OS/c1-14(2,3)12(15)13-16-11(17-18-13)9-19-10-7-5-4-6-8-10/h10,12H,4-9,15H2,1-3H3. The molecule has 2 N–H and O–H groups in total. The molecule has 0 saturated heterocycles. The fraction of sp³-hybridized carbons (Fsp3) is 0.857. The van der Waals surface area contributed by atoms with E-state index in [0.29, 0.717) is 5.89 Å². The predicted octanol–water partition coefficient (Wildman–Crippen LogP) is 3.68. The maximum absolute atomic E-state index is 6.12. The SMILES string of the molecule is CC(C)(C)C(N)c1nc(CSC2CCCCC2)no1. The normalized spacial score (nSPS) is 19.6. The molecule has 0 spiro atoms. The van der Waals surface area contributed by atoms with Gasteiger partial charge in [-0.2, -0.15) is 16.7 Å². The first-order chi connectivity index (χ1) is 8.97. The van der Waals surface area contributed by atoms with Crippen molar-refractivity contribution in [2.24, 2.45) is 11.1 Å². The maximum Gasteiger partial charge on any atom is 0.244 e. The molecule has 0 aliphatic heterocycles. The minimum Gasteiger partial charge on any atom is -0.338 e. The lowest BCUT2D eigenvalue weighted by Gasteiger charge is -2.23. The summed E-state index contributed by atoms with van der Waals surface area (Å²) < 4.78 is 5.29. The third-order valence-corrected chi connectivity index (χ3v) is 5.05. The number of nitrogens with zero attached hydrogens (tertiary/aromatic N) is 2. The summed E-state index contributed by atoms with van der Waals surface area (Å²) in [5, 5.41) is 4.82. The maximum atomic E-state index is 6.12. The van der Waals surface area contributed by atoms with Crippen molar-refractivity contribution in [3.63, 3.8) is 0 Å². The fourth-order valence-corrected chi connectivity index (χ4v) is 3.42. The van der Waals surface area contributed by atoms with Crippen molar-refractivity contribution in [2.75, 3.05) is 0 Å². The van der Waals surface area contributed by atoms with Crippen LogP contribution in [0.5, 0.6) is 0 Å². The number of hydrogen-bond donors (Lipinski definition) is 1. The van der Waals surface area contributed by atoms with Gasteiger partial charge in [-0.15, -0.1) is 0 Å². The van der Waals surface area contributed by atoms with E-state index < -0.39 is 0 Å². The summed E-state index contributed by atoms with van der Waals surface area (Å²) in [4.78, 5) is 4.44. The van der Waals surface area contributed by atoms with Crippen molar-refractivity contribution < 1.29 is 4.52 Å². The Balaban J connectivity index is 1.86. The largest absolute Gasteiger partial charge is 0.338 e. The van der Waals surface area contributed by atoms with Gasteiger partial charge < -0.3 is 10.3 Å². The van der Waals surface area contributed by atoms with Crippen LogP contribution in [0.3, 0.4) is 0 Å². The molecule has 1 unspecified atom stereocenters. The zero-order chi connectivity index (χ0) is 13.9. The summed E-state index contributed by atoms with van der Waals surface area (Å²) in [7, 11) is 0. The van der Waals surface area contributed by atoms with Crippen LogP contribution in [-0.2, 0) is 5.75 Å². The lowest BCUT2D eigenvalue weighted by molar-refractivity contribution is 0.252. The number of aromatic nitrogens is 2. The molecule has 1 aliphatic rings. The highest BCUT2D eigenvalue weighted by Crippen LogP contribution is 2.32. The molecule has 0 amide bonds. The van der Waals surface area contributed by atoms with Gasteiger partial charge in [0.2, 0.25) is 5.89 Å². The number of nitrogens with two attached hydrogens (primary N) is 1. The monoisotopic (exact) mass is 283 g/mol. The second kappa shape index (κ2) is 6.27. The molecular weight excluding hydrogens is 258 g/mol. The summed E-state index contributed by atoms with van der Waals surface area (Å²) in [5.74, 6) is 2.18. The van der Waals surface area contributed by atoms with E-state index in [1.165, 1.54) is 32.1 Å². The second-order valence-corrected chi connectivity index (χ2v) is 7.75. The van der Waals surface area contributed by atoms with Crippen LogP contribution in [-0.4, -0.2) is 15.4 Å². The van der Waals surface area contributed by atoms with Crippen LogP contribution in [0, 0.1) is 5.41 Å². The molecule has 1 saturated carbocycles. The molecule has 0 aromatic carbocycles. The highest BCUT2D eigenvalue weighted by molar-refractivity contribution is 7.99. The molecule has 1 heterocycles. The first kappa shape index (κ1) is 14.9. The van der Waals surface area contributed by atoms with Crippen molar-refractivity contribution in [1.82, 2.24) is 10.1 Å². The summed E-state index contributed by atoms with van der Waals surface area (Å²) in [6.45, 7) is 6.24. The average molecular weight is 283 g/mol. The van der Waals surface area contributed by atoms with E-state index in [-0.39, 0.29) is 11.5 Å². The highest BCUT2D eigenvalue weighted by Gasteiger charge is 2.27. The van der Waals surface area contributed by atoms with E-state index in [9.17, 15) is 0 Å². The molecule has 4 nitrogen and oxygen atoms in total. The Morgan fingerprint density at radius 3 is 2.63 bits per heavy atom. The highest BCUT2D eigenvalue weighted by atomic mass is 32.2. The van der Waals surface area contributed by atoms with Crippen LogP contribution in [0.15, 0.2) is 4.52 Å². The van der Waals surface area contributed by atoms with Gasteiger partial charge in [-0.3, -0.25) is 0 Å². The molecular formula is C14H25N3OS. The van der Waals surface area contributed by atoms with E-state index in [1.54, 1.807) is 0 Å². The van der Waals surface area contributed by atoms with E-state index in [4.69, 9.17) is 10.3 Å². The summed E-state index contributed by atoms with van der Waals surface area (Å²) in [5.41, 5.74) is 6.07. The van der Waals surface area contributed by atoms with Crippen LogP contribution in [0.2, 0.25) is 0 Å². The van der Waals surface area contributed by atoms with Crippen LogP contribution in [0.4, 0.5) is 0 Å². The Kier molecular flexibility index (Phi) is 4.90. The van der Waals surface area contributed by atoms with Gasteiger partial charge in [0.25, 0.3) is 0 Å². The number of thioether (sulfide) groups is 1. The summed E-state index contributed by atoms with van der Waals surface area (Å²) in [6, 6.07) is -0.201. The van der Waals surface area contributed by atoms with Crippen molar-refractivity contribution in [3.8, 4) is 0 Å². The van der Waals surface area contributed by atoms with Gasteiger partial charge in [-0.25, -0.2) is 0 Å². The molecule has 19 heavy (non-hydrogen) atoms. The number of hydrogen-bond acceptors (Lipinski definition) is 5. The Labute approximate surface area is 119 Å². The first-order valence-electron chi connectivity index (χ1n) is 7.16. The molecule has 1 aromatic heterocycles. The van der Waals surface area contributed by atoms with Gasteiger partial charge in [0.05, 0.1) is 11.8 Å². The van der Waals surface area contributed by atoms with Gasteiger partial charge in [0, 0.05) is 5.25 Å². The topological polar surface area (TPSA) is 64.9 Å². The lowest BCUT2D eigenvalue weighted by Crippen LogP contribution is -2.26. The fourth-order valence-electron chi connectivity index (χ4n) is 2.25. The average Bonchev–Trinajstić information content (AvgIpc) is 2.84. The molecule has 0 radical (unpaired) electrons. The van der Waals surface area contributed by atoms with Gasteiger partial charge in [-0.05, 0) is 18.3 Å². The Morgan fingerprint density at radius 2 is 2.00 bits per heavy atom. The van der Waals surface area contributed by atoms with Crippen LogP contribution >= 0.6 is 11.8 Å². The Hall–Kier alpha value is -0.550. The predicted molar refractivity (Wildman–Crippen MR) is 78.8 cm³/mol. The van der Waals surface area contributed by atoms with Gasteiger partial charge in [0.1, 0.15) is 0 Å². The van der Waals surface area contributed by atoms with Crippen molar-refractivity contribution >= 4 is 11.8 Å². The van der Waals surface area contributed by atoms with Gasteiger partial charge in [0.15, 0.2) is 5.82 Å². The van der Waals surface area contributed by atoms with Gasteiger partial charge in [-0.1, -0.05) is 45.2 Å². The third kappa shape index (κ3) is 4.21. The molecule has 1 aliphatic carbocycles. The molecule has 1 fully saturated rings. The van der Waals surface area contributed by atoms with E-state index in [0.717, 1.165) is 16.8 Å². The van der Waals surface area contributed by atoms with Crippen LogP contribution < -0.4 is 5.73 Å². The third-order valence-electron chi connectivity index (χ3n) is 3.68. The molecule has 108 valence electrons. The molecule has 2 rings (SSSR count). The molecule has 1 atom stereocenters. The Bertz CT molecular complexity index is 394. The minimum absolute atomic E-state index is 0.0552. The van der Waals surface area contributed by atoms with Crippen LogP contribution in [0.25, 0.3) is 0 Å². The molecule has 1 aromatic rings. The number of rotatable bonds is 4. The minimum atomic E-state index is -0.201. The van der Waals surface area contributed by atoms with Crippen LogP contribution in [0.1, 0.15) is 70.6 Å². The van der Waals surface area contributed by atoms with Crippen molar-refractivity contribution in [3.05, 3.63) is 11.7 Å². The van der Waals surface area contributed by atoms with E-state index in [2.05, 4.69) is 30.9 Å². The summed E-state index contributed by atoms with van der Waals surface area (Å²) in [6.07, 6.45) is 6.78. The lowest BCUT2D eigenvalue weighted by atomic mass is 9.87. The van der Waals surface area contributed by atoms with Crippen molar-refractivity contribution in [2.45, 2.75) is 69.9 Å². The summed E-state index contributed by atoms with van der Waals surface area (Å²) >= 11 is 1.96. The zero-order valence-corrected chi connectivity index (χ0v) is 13.0. The zero-order valence-electron chi connectivity index (χ0n) is 12.2. The van der Waals surface area contributed by atoms with E-state index >= 15 is 0 Å². The Morgan fingerprint density at radius 1 is 1.32 bits per heavy atom. The first-order valence-corrected chi connectivity index (χ1v) is 8.21. The van der Waals surface area contributed by atoms with E-state index in [1.807, 2.05) is 11.8 Å². The quantitative estimate of drug-likeness (QED) is 0.913. The second-order valence-electron chi connectivity index (χ2n) is 6.46. The molecule has 0 bridgehead atoms. The smallest absolute Gasteiger partial charge is 0.244 e.